The van der Waals surface area contributed by atoms with Gasteiger partial charge in [0.25, 0.3) is 0 Å². The third-order valence-corrected chi connectivity index (χ3v) is 5.29. The van der Waals surface area contributed by atoms with Gasteiger partial charge in [0, 0.05) is 16.6 Å². The molecule has 1 saturated carbocycles. The zero-order valence-corrected chi connectivity index (χ0v) is 14.5. The molecule has 0 radical (unpaired) electrons. The highest BCUT2D eigenvalue weighted by Gasteiger charge is 2.24. The quantitative estimate of drug-likeness (QED) is 0.616. The molecule has 0 amide bonds. The lowest BCUT2D eigenvalue weighted by Crippen LogP contribution is -2.03. The summed E-state index contributed by atoms with van der Waals surface area (Å²) in [4.78, 5) is 13.4. The second kappa shape index (κ2) is 6.08. The lowest BCUT2D eigenvalue weighted by molar-refractivity contribution is 0.690. The summed E-state index contributed by atoms with van der Waals surface area (Å²) < 4.78 is 1.76. The number of rotatable bonds is 2. The maximum absolute atomic E-state index is 6.24. The predicted molar refractivity (Wildman–Crippen MR) is 86.9 cm³/mol. The molecule has 0 N–H and O–H groups in total. The molecule has 6 heteroatoms. The molecular formula is C14H12Br2ClN3. The van der Waals surface area contributed by atoms with E-state index in [0.717, 1.165) is 20.3 Å². The first-order chi connectivity index (χ1) is 9.65. The highest BCUT2D eigenvalue weighted by atomic mass is 79.9. The average molecular weight is 418 g/mol. The highest BCUT2D eigenvalue weighted by Crippen LogP contribution is 2.39. The molecule has 3 rings (SSSR count). The van der Waals surface area contributed by atoms with Crippen molar-refractivity contribution in [3.05, 3.63) is 38.1 Å². The second-order valence-electron chi connectivity index (χ2n) is 4.88. The van der Waals surface area contributed by atoms with Crippen molar-refractivity contribution in [2.45, 2.75) is 31.6 Å². The molecule has 3 nitrogen and oxygen atoms in total. The maximum Gasteiger partial charge on any atom is 0.179 e. The molecule has 0 saturated heterocycles. The van der Waals surface area contributed by atoms with Crippen molar-refractivity contribution < 1.29 is 0 Å². The molecule has 0 bridgehead atoms. The largest absolute Gasteiger partial charge is 0.252 e. The summed E-state index contributed by atoms with van der Waals surface area (Å²) in [6.45, 7) is 0. The van der Waals surface area contributed by atoms with Crippen LogP contribution < -0.4 is 0 Å². The molecule has 1 aliphatic rings. The van der Waals surface area contributed by atoms with Crippen LogP contribution in [0, 0.1) is 0 Å². The molecule has 0 aliphatic heterocycles. The van der Waals surface area contributed by atoms with E-state index in [-0.39, 0.29) is 0 Å². The normalized spacial score (nSPS) is 15.8. The third-order valence-electron chi connectivity index (χ3n) is 3.53. The van der Waals surface area contributed by atoms with Crippen molar-refractivity contribution in [3.63, 3.8) is 0 Å². The van der Waals surface area contributed by atoms with Crippen LogP contribution >= 0.6 is 43.5 Å². The van der Waals surface area contributed by atoms with Gasteiger partial charge >= 0.3 is 0 Å². The Morgan fingerprint density at radius 2 is 1.85 bits per heavy atom. The molecule has 0 atom stereocenters. The highest BCUT2D eigenvalue weighted by molar-refractivity contribution is 9.10. The number of halogens is 3. The fraction of sp³-hybridized carbons (Fsp3) is 0.357. The van der Waals surface area contributed by atoms with E-state index >= 15 is 0 Å². The van der Waals surface area contributed by atoms with Gasteiger partial charge in [0.1, 0.15) is 10.8 Å². The van der Waals surface area contributed by atoms with Crippen LogP contribution in [0.15, 0.2) is 27.3 Å². The van der Waals surface area contributed by atoms with Gasteiger partial charge in [-0.2, -0.15) is 0 Å². The summed E-state index contributed by atoms with van der Waals surface area (Å²) in [5.41, 5.74) is 1.75. The van der Waals surface area contributed by atoms with Crippen molar-refractivity contribution in [2.75, 3.05) is 0 Å². The summed E-state index contributed by atoms with van der Waals surface area (Å²) in [6.07, 6.45) is 6.58. The molecule has 0 unspecified atom stereocenters. The molecule has 2 aromatic rings. The standard InChI is InChI=1S/C14H12Br2ClN3/c15-9-5-6-10(18-7-9)14-19-12(8-3-1-2-4-8)11(16)13(17)20-14/h5-8H,1-4H2. The lowest BCUT2D eigenvalue weighted by atomic mass is 10.0. The van der Waals surface area contributed by atoms with Crippen LogP contribution in [0.5, 0.6) is 0 Å². The van der Waals surface area contributed by atoms with Gasteiger partial charge in [-0.05, 0) is 56.8 Å². The lowest BCUT2D eigenvalue weighted by Gasteiger charge is -2.13. The van der Waals surface area contributed by atoms with E-state index in [1.165, 1.54) is 25.7 Å². The molecule has 104 valence electrons. The van der Waals surface area contributed by atoms with Crippen molar-refractivity contribution >= 4 is 43.5 Å². The van der Waals surface area contributed by atoms with E-state index in [9.17, 15) is 0 Å². The van der Waals surface area contributed by atoms with Gasteiger partial charge in [0.05, 0.1) is 10.2 Å². The minimum Gasteiger partial charge on any atom is -0.252 e. The van der Waals surface area contributed by atoms with Crippen LogP contribution in [0.1, 0.15) is 37.3 Å². The summed E-state index contributed by atoms with van der Waals surface area (Å²) in [5.74, 6) is 1.06. The van der Waals surface area contributed by atoms with Gasteiger partial charge in [0.15, 0.2) is 5.82 Å². The number of nitrogens with zero attached hydrogens (tertiary/aromatic N) is 3. The van der Waals surface area contributed by atoms with Crippen LogP contribution in [0.3, 0.4) is 0 Å². The van der Waals surface area contributed by atoms with Gasteiger partial charge in [-0.3, -0.25) is 4.98 Å². The number of hydrogen-bond acceptors (Lipinski definition) is 3. The Labute approximate surface area is 139 Å². The molecule has 20 heavy (non-hydrogen) atoms. The summed E-state index contributed by atoms with van der Waals surface area (Å²) >= 11 is 13.1. The number of aromatic nitrogens is 3. The van der Waals surface area contributed by atoms with Crippen LogP contribution in [0.25, 0.3) is 11.5 Å². The summed E-state index contributed by atoms with van der Waals surface area (Å²) in [5, 5.41) is 0.460. The molecular weight excluding hydrogens is 405 g/mol. The van der Waals surface area contributed by atoms with Crippen molar-refractivity contribution in [1.29, 1.82) is 0 Å². The fourth-order valence-electron chi connectivity index (χ4n) is 2.53. The van der Waals surface area contributed by atoms with Crippen molar-refractivity contribution in [1.82, 2.24) is 15.0 Å². The molecule has 2 aromatic heterocycles. The van der Waals surface area contributed by atoms with Gasteiger partial charge in [0.2, 0.25) is 0 Å². The Morgan fingerprint density at radius 1 is 1.10 bits per heavy atom. The molecule has 2 heterocycles. The summed E-state index contributed by atoms with van der Waals surface area (Å²) in [7, 11) is 0. The molecule has 1 aliphatic carbocycles. The Kier molecular flexibility index (Phi) is 4.38. The first-order valence-corrected chi connectivity index (χ1v) is 8.46. The predicted octanol–water partition coefficient (Wildman–Crippen LogP) is 5.37. The Hall–Kier alpha value is -0.520. The van der Waals surface area contributed by atoms with Crippen molar-refractivity contribution in [2.24, 2.45) is 0 Å². The maximum atomic E-state index is 6.24. The molecule has 0 aromatic carbocycles. The first-order valence-electron chi connectivity index (χ1n) is 6.50. The zero-order valence-electron chi connectivity index (χ0n) is 10.6. The Balaban J connectivity index is 2.05. The monoisotopic (exact) mass is 415 g/mol. The van der Waals surface area contributed by atoms with Gasteiger partial charge in [-0.25, -0.2) is 9.97 Å². The molecule has 1 fully saturated rings. The van der Waals surface area contributed by atoms with Crippen LogP contribution in [0.2, 0.25) is 5.15 Å². The van der Waals surface area contributed by atoms with E-state index in [4.69, 9.17) is 16.6 Å². The Morgan fingerprint density at radius 3 is 2.50 bits per heavy atom. The Bertz CT molecular complexity index is 625. The third kappa shape index (κ3) is 2.90. The minimum absolute atomic E-state index is 0.460. The molecule has 0 spiro atoms. The van der Waals surface area contributed by atoms with Gasteiger partial charge in [-0.1, -0.05) is 24.4 Å². The van der Waals surface area contributed by atoms with Gasteiger partial charge < -0.3 is 0 Å². The topological polar surface area (TPSA) is 38.7 Å². The van der Waals surface area contributed by atoms with E-state index < -0.39 is 0 Å². The van der Waals surface area contributed by atoms with Gasteiger partial charge in [-0.15, -0.1) is 0 Å². The van der Waals surface area contributed by atoms with E-state index in [0.29, 0.717) is 16.9 Å². The van der Waals surface area contributed by atoms with E-state index in [1.807, 2.05) is 12.1 Å². The van der Waals surface area contributed by atoms with E-state index in [1.54, 1.807) is 6.20 Å². The summed E-state index contributed by atoms with van der Waals surface area (Å²) in [6, 6.07) is 3.82. The van der Waals surface area contributed by atoms with Crippen LogP contribution in [-0.2, 0) is 0 Å². The minimum atomic E-state index is 0.460. The van der Waals surface area contributed by atoms with Crippen LogP contribution in [-0.4, -0.2) is 15.0 Å². The second-order valence-corrected chi connectivity index (χ2v) is 6.95. The van der Waals surface area contributed by atoms with E-state index in [2.05, 4.69) is 41.8 Å². The fourth-order valence-corrected chi connectivity index (χ4v) is 3.44. The number of hydrogen-bond donors (Lipinski definition) is 0. The average Bonchev–Trinajstić information content (AvgIpc) is 2.96. The number of pyridine rings is 1. The van der Waals surface area contributed by atoms with Crippen molar-refractivity contribution in [3.8, 4) is 11.5 Å². The zero-order chi connectivity index (χ0) is 14.1. The smallest absolute Gasteiger partial charge is 0.179 e. The first kappa shape index (κ1) is 14.4. The SMILES string of the molecule is Clc1nc(-c2ccc(Br)cn2)nc(C2CCCC2)c1Br. The van der Waals surface area contributed by atoms with Crippen LogP contribution in [0.4, 0.5) is 0 Å².